The highest BCUT2D eigenvalue weighted by Gasteiger charge is 2.52. The standard InChI is InChI=1S/C23H26N4O4/c1-12-24-19-16(27(12)5)11-15(23(30)26(3)4)17-20(19)25-18(14-9-7-6-8-10-14)22(21(17)29)31-13(2)28/h6-10,15,17-18,22H,11H2,1-5H3/t15?,17?,18-,22-/m1/s1. The fourth-order valence-electron chi connectivity index (χ4n) is 4.55. The number of amides is 1. The number of hydrogen-bond acceptors (Lipinski definition) is 6. The molecule has 1 aliphatic heterocycles. The Labute approximate surface area is 180 Å². The average Bonchev–Trinajstić information content (AvgIpc) is 3.03. The maximum atomic E-state index is 13.8. The quantitative estimate of drug-likeness (QED) is 0.701. The molecule has 1 aromatic carbocycles. The van der Waals surface area contributed by atoms with Crippen LogP contribution in [-0.4, -0.2) is 58.0 Å². The highest BCUT2D eigenvalue weighted by molar-refractivity contribution is 6.19. The first-order valence-corrected chi connectivity index (χ1v) is 10.3. The third-order valence-electron chi connectivity index (χ3n) is 6.13. The van der Waals surface area contributed by atoms with Crippen molar-refractivity contribution in [3.63, 3.8) is 0 Å². The van der Waals surface area contributed by atoms with Crippen LogP contribution in [0.3, 0.4) is 0 Å². The SMILES string of the molecule is CC(=O)O[C@H]1C(=O)C2C(=N[C@@H]1c1ccccc1)c1nc(C)n(C)c1CC2C(=O)N(C)C. The smallest absolute Gasteiger partial charge is 0.303 e. The van der Waals surface area contributed by atoms with Gasteiger partial charge in [-0.3, -0.25) is 19.4 Å². The van der Waals surface area contributed by atoms with Crippen LogP contribution in [-0.2, 0) is 32.6 Å². The monoisotopic (exact) mass is 422 g/mol. The first-order chi connectivity index (χ1) is 14.7. The summed E-state index contributed by atoms with van der Waals surface area (Å²) in [6, 6.07) is 8.60. The number of aliphatic imine (C=N–C) groups is 1. The van der Waals surface area contributed by atoms with Gasteiger partial charge in [0, 0.05) is 40.2 Å². The number of aryl methyl sites for hydroxylation is 1. The molecule has 2 heterocycles. The summed E-state index contributed by atoms with van der Waals surface area (Å²) in [4.78, 5) is 49.8. The number of ketones is 1. The molecule has 8 nitrogen and oxygen atoms in total. The van der Waals surface area contributed by atoms with Crippen molar-refractivity contribution in [1.29, 1.82) is 0 Å². The molecule has 0 spiro atoms. The van der Waals surface area contributed by atoms with Gasteiger partial charge in [-0.2, -0.15) is 0 Å². The molecule has 162 valence electrons. The Morgan fingerprint density at radius 3 is 2.48 bits per heavy atom. The Hall–Kier alpha value is -3.29. The molecule has 0 radical (unpaired) electrons. The van der Waals surface area contributed by atoms with Crippen LogP contribution in [0.1, 0.15) is 35.7 Å². The molecule has 4 atom stereocenters. The second-order valence-electron chi connectivity index (χ2n) is 8.34. The van der Waals surface area contributed by atoms with Crippen LogP contribution in [0.15, 0.2) is 35.3 Å². The molecule has 0 saturated heterocycles. The molecule has 0 N–H and O–H groups in total. The van der Waals surface area contributed by atoms with Gasteiger partial charge < -0.3 is 14.2 Å². The summed E-state index contributed by atoms with van der Waals surface area (Å²) >= 11 is 0. The van der Waals surface area contributed by atoms with E-state index in [1.165, 1.54) is 11.8 Å². The molecule has 31 heavy (non-hydrogen) atoms. The van der Waals surface area contributed by atoms with Crippen molar-refractivity contribution < 1.29 is 19.1 Å². The van der Waals surface area contributed by atoms with Gasteiger partial charge in [0.2, 0.25) is 5.91 Å². The molecule has 1 aromatic heterocycles. The Balaban J connectivity index is 1.94. The van der Waals surface area contributed by atoms with Gasteiger partial charge in [-0.05, 0) is 12.5 Å². The number of ether oxygens (including phenoxy) is 1. The van der Waals surface area contributed by atoms with Crippen molar-refractivity contribution in [2.75, 3.05) is 14.1 Å². The Morgan fingerprint density at radius 2 is 1.87 bits per heavy atom. The second-order valence-corrected chi connectivity index (χ2v) is 8.34. The first kappa shape index (κ1) is 21.0. The third kappa shape index (κ3) is 3.45. The summed E-state index contributed by atoms with van der Waals surface area (Å²) in [5, 5.41) is 0. The number of rotatable bonds is 3. The van der Waals surface area contributed by atoms with Crippen LogP contribution in [0.4, 0.5) is 0 Å². The van der Waals surface area contributed by atoms with Gasteiger partial charge in [-0.15, -0.1) is 0 Å². The van der Waals surface area contributed by atoms with Gasteiger partial charge >= 0.3 is 5.97 Å². The van der Waals surface area contributed by atoms with Crippen LogP contribution in [0.25, 0.3) is 0 Å². The summed E-state index contributed by atoms with van der Waals surface area (Å²) in [5.41, 5.74) is 2.82. The zero-order chi connectivity index (χ0) is 22.4. The van der Waals surface area contributed by atoms with Gasteiger partial charge in [-0.25, -0.2) is 4.98 Å². The number of hydrogen-bond donors (Lipinski definition) is 0. The predicted octanol–water partition coefficient (Wildman–Crippen LogP) is 1.65. The average molecular weight is 422 g/mol. The number of imidazole rings is 1. The summed E-state index contributed by atoms with van der Waals surface area (Å²) in [7, 11) is 5.25. The van der Waals surface area contributed by atoms with E-state index in [2.05, 4.69) is 4.98 Å². The number of Topliss-reactive ketones (excluding diaryl/α,β-unsaturated/α-hetero) is 1. The molecule has 0 saturated carbocycles. The minimum atomic E-state index is -1.09. The van der Waals surface area contributed by atoms with Crippen LogP contribution in [0, 0.1) is 18.8 Å². The summed E-state index contributed by atoms with van der Waals surface area (Å²) < 4.78 is 7.43. The normalized spacial score (nSPS) is 24.7. The molecular formula is C23H26N4O4. The minimum absolute atomic E-state index is 0.157. The topological polar surface area (TPSA) is 93.9 Å². The van der Waals surface area contributed by atoms with Crippen molar-refractivity contribution in [2.24, 2.45) is 23.9 Å². The van der Waals surface area contributed by atoms with Crippen molar-refractivity contribution in [3.05, 3.63) is 53.1 Å². The molecule has 2 aromatic rings. The van der Waals surface area contributed by atoms with Crippen molar-refractivity contribution in [1.82, 2.24) is 14.5 Å². The lowest BCUT2D eigenvalue weighted by Crippen LogP contribution is -2.53. The minimum Gasteiger partial charge on any atom is -0.452 e. The van der Waals surface area contributed by atoms with E-state index in [0.29, 0.717) is 17.8 Å². The molecule has 8 heteroatoms. The zero-order valence-electron chi connectivity index (χ0n) is 18.3. The lowest BCUT2D eigenvalue weighted by molar-refractivity contribution is -0.157. The van der Waals surface area contributed by atoms with Gasteiger partial charge in [0.1, 0.15) is 17.6 Å². The third-order valence-corrected chi connectivity index (χ3v) is 6.13. The van der Waals surface area contributed by atoms with E-state index in [1.807, 2.05) is 48.9 Å². The number of benzene rings is 1. The van der Waals surface area contributed by atoms with E-state index in [0.717, 1.165) is 17.1 Å². The molecule has 0 bridgehead atoms. The Bertz CT molecular complexity index is 1090. The van der Waals surface area contributed by atoms with E-state index in [-0.39, 0.29) is 11.7 Å². The van der Waals surface area contributed by atoms with Crippen molar-refractivity contribution >= 4 is 23.4 Å². The van der Waals surface area contributed by atoms with Crippen LogP contribution in [0.2, 0.25) is 0 Å². The van der Waals surface area contributed by atoms with Crippen molar-refractivity contribution in [2.45, 2.75) is 32.4 Å². The largest absolute Gasteiger partial charge is 0.452 e. The molecule has 4 rings (SSSR count). The van der Waals surface area contributed by atoms with Crippen LogP contribution in [0.5, 0.6) is 0 Å². The van der Waals surface area contributed by atoms with E-state index < -0.39 is 30.0 Å². The highest BCUT2D eigenvalue weighted by atomic mass is 16.5. The summed E-state index contributed by atoms with van der Waals surface area (Å²) in [6.07, 6.45) is -0.709. The molecular weight excluding hydrogens is 396 g/mol. The van der Waals surface area contributed by atoms with E-state index in [1.54, 1.807) is 14.1 Å². The summed E-state index contributed by atoms with van der Waals surface area (Å²) in [5.74, 6) is -1.66. The van der Waals surface area contributed by atoms with Gasteiger partial charge in [0.05, 0.1) is 17.5 Å². The van der Waals surface area contributed by atoms with Crippen molar-refractivity contribution in [3.8, 4) is 0 Å². The maximum Gasteiger partial charge on any atom is 0.303 e. The Morgan fingerprint density at radius 1 is 1.19 bits per heavy atom. The Kier molecular flexibility index (Phi) is 5.24. The van der Waals surface area contributed by atoms with Gasteiger partial charge in [0.25, 0.3) is 0 Å². The number of carbonyl (C=O) groups is 3. The van der Waals surface area contributed by atoms with Gasteiger partial charge in [-0.1, -0.05) is 30.3 Å². The lowest BCUT2D eigenvalue weighted by atomic mass is 9.71. The maximum absolute atomic E-state index is 13.8. The first-order valence-electron chi connectivity index (χ1n) is 10.3. The highest BCUT2D eigenvalue weighted by Crippen LogP contribution is 2.41. The number of fused-ring (bicyclic) bond motifs is 3. The summed E-state index contributed by atoms with van der Waals surface area (Å²) in [6.45, 7) is 3.16. The van der Waals surface area contributed by atoms with E-state index >= 15 is 0 Å². The number of aromatic nitrogens is 2. The zero-order valence-corrected chi connectivity index (χ0v) is 18.3. The van der Waals surface area contributed by atoms with Crippen LogP contribution >= 0.6 is 0 Å². The number of carbonyl (C=O) groups excluding carboxylic acids is 3. The fourth-order valence-corrected chi connectivity index (χ4v) is 4.55. The molecule has 0 fully saturated rings. The van der Waals surface area contributed by atoms with Crippen LogP contribution < -0.4 is 0 Å². The second kappa shape index (κ2) is 7.76. The molecule has 2 unspecified atom stereocenters. The molecule has 1 aliphatic carbocycles. The van der Waals surface area contributed by atoms with E-state index in [4.69, 9.17) is 9.73 Å². The van der Waals surface area contributed by atoms with E-state index in [9.17, 15) is 14.4 Å². The molecule has 1 amide bonds. The lowest BCUT2D eigenvalue weighted by Gasteiger charge is -2.39. The van der Waals surface area contributed by atoms with Gasteiger partial charge in [0.15, 0.2) is 11.9 Å². The number of esters is 1. The predicted molar refractivity (Wildman–Crippen MR) is 114 cm³/mol. The molecule has 2 aliphatic rings. The fraction of sp³-hybridized carbons (Fsp3) is 0.435. The number of nitrogens with zero attached hydrogens (tertiary/aromatic N) is 4.